The molecule has 0 aliphatic carbocycles. The van der Waals surface area contributed by atoms with Crippen LogP contribution in [0.15, 0.2) is 48.5 Å². The van der Waals surface area contributed by atoms with E-state index in [2.05, 4.69) is 9.72 Å². The Morgan fingerprint density at radius 2 is 1.76 bits per heavy atom. The molecule has 3 aromatic rings. The van der Waals surface area contributed by atoms with Crippen LogP contribution in [0.2, 0.25) is 0 Å². The van der Waals surface area contributed by atoms with Crippen molar-refractivity contribution in [2.75, 3.05) is 25.7 Å². The number of aryl methyl sites for hydroxylation is 1. The number of methoxy groups -OCH3 is 2. The molecule has 0 amide bonds. The van der Waals surface area contributed by atoms with Crippen LogP contribution in [0, 0.1) is 6.92 Å². The van der Waals surface area contributed by atoms with Gasteiger partial charge in [0.2, 0.25) is 0 Å². The molecular weight excluding hydrogens is 507 g/mol. The van der Waals surface area contributed by atoms with Gasteiger partial charge >= 0.3 is 24.3 Å². The minimum Gasteiger partial charge on any atom is -0.467 e. The molecule has 1 aliphatic heterocycles. The van der Waals surface area contributed by atoms with Gasteiger partial charge in [0.15, 0.2) is 11.5 Å². The molecule has 1 unspecified atom stereocenters. The third-order valence-electron chi connectivity index (χ3n) is 6.00. The van der Waals surface area contributed by atoms with Crippen molar-refractivity contribution in [3.05, 3.63) is 65.4 Å². The largest absolute Gasteiger partial charge is 0.573 e. The second-order valence-corrected chi connectivity index (χ2v) is 8.63. The van der Waals surface area contributed by atoms with Crippen molar-refractivity contribution in [1.82, 2.24) is 9.55 Å². The maximum Gasteiger partial charge on any atom is 0.573 e. The number of esters is 2. The molecule has 0 bridgehead atoms. The molecule has 1 atom stereocenters. The zero-order valence-corrected chi connectivity index (χ0v) is 20.9. The van der Waals surface area contributed by atoms with Gasteiger partial charge in [0, 0.05) is 12.6 Å². The molecule has 2 heterocycles. The predicted octanol–water partition coefficient (Wildman–Crippen LogP) is 4.86. The molecule has 38 heavy (non-hydrogen) atoms. The lowest BCUT2D eigenvalue weighted by molar-refractivity contribution is -0.274. The average Bonchev–Trinajstić information content (AvgIpc) is 3.49. The number of benzene rings is 2. The number of carbonyl (C=O) groups excluding carboxylic acids is 2. The predicted molar refractivity (Wildman–Crippen MR) is 129 cm³/mol. The first-order valence-electron chi connectivity index (χ1n) is 11.7. The van der Waals surface area contributed by atoms with Gasteiger partial charge in [0.1, 0.15) is 17.5 Å². The number of hydrogen-bond acceptors (Lipinski definition) is 8. The maximum atomic E-state index is 13.1. The Morgan fingerprint density at radius 3 is 2.42 bits per heavy atom. The van der Waals surface area contributed by atoms with Gasteiger partial charge in [-0.1, -0.05) is 35.9 Å². The Kier molecular flexibility index (Phi) is 7.79. The first-order chi connectivity index (χ1) is 18.1. The van der Waals surface area contributed by atoms with Crippen molar-refractivity contribution in [3.63, 3.8) is 0 Å². The number of imidazole rings is 1. The van der Waals surface area contributed by atoms with Crippen molar-refractivity contribution < 1.29 is 41.7 Å². The maximum absolute atomic E-state index is 13.1. The van der Waals surface area contributed by atoms with Gasteiger partial charge in [0.05, 0.1) is 20.8 Å². The smallest absolute Gasteiger partial charge is 0.467 e. The number of rotatable bonds is 8. The van der Waals surface area contributed by atoms with Crippen LogP contribution in [-0.2, 0) is 20.8 Å². The van der Waals surface area contributed by atoms with Gasteiger partial charge in [0.25, 0.3) is 0 Å². The van der Waals surface area contributed by atoms with E-state index in [1.54, 1.807) is 4.90 Å². The average molecular weight is 534 g/mol. The van der Waals surface area contributed by atoms with Gasteiger partial charge in [-0.2, -0.15) is 4.98 Å². The number of halogens is 3. The molecular formula is C26H26F3N3O6. The Bertz CT molecular complexity index is 1310. The second-order valence-electron chi connectivity index (χ2n) is 8.63. The lowest BCUT2D eigenvalue weighted by Crippen LogP contribution is -2.38. The second kappa shape index (κ2) is 11.0. The first kappa shape index (κ1) is 26.8. The Balaban J connectivity index is 1.82. The summed E-state index contributed by atoms with van der Waals surface area (Å²) in [4.78, 5) is 31.7. The molecule has 1 saturated heterocycles. The van der Waals surface area contributed by atoms with E-state index in [4.69, 9.17) is 14.2 Å². The monoisotopic (exact) mass is 533 g/mol. The summed E-state index contributed by atoms with van der Waals surface area (Å²) in [6.07, 6.45) is -3.74. The quantitative estimate of drug-likeness (QED) is 0.379. The van der Waals surface area contributed by atoms with Crippen LogP contribution in [0.25, 0.3) is 0 Å². The van der Waals surface area contributed by atoms with Crippen molar-refractivity contribution >= 4 is 17.8 Å². The number of nitrogens with zero attached hydrogens (tertiary/aromatic N) is 3. The fourth-order valence-electron chi connectivity index (χ4n) is 4.26. The molecule has 202 valence electrons. The number of carbonyl (C=O) groups is 2. The summed E-state index contributed by atoms with van der Waals surface area (Å²) in [6, 6.07) is 11.7. The molecule has 0 spiro atoms. The lowest BCUT2D eigenvalue weighted by atomic mass is 10.1. The number of ether oxygens (including phenoxy) is 4. The van der Waals surface area contributed by atoms with Gasteiger partial charge in [-0.05, 0) is 37.5 Å². The highest BCUT2D eigenvalue weighted by Crippen LogP contribution is 2.36. The van der Waals surface area contributed by atoms with E-state index < -0.39 is 30.1 Å². The van der Waals surface area contributed by atoms with E-state index >= 15 is 0 Å². The molecule has 12 heteroatoms. The van der Waals surface area contributed by atoms with Crippen molar-refractivity contribution in [2.45, 2.75) is 38.7 Å². The van der Waals surface area contributed by atoms with Crippen LogP contribution in [0.5, 0.6) is 17.5 Å². The Hall–Kier alpha value is -4.22. The molecule has 0 radical (unpaired) electrons. The minimum atomic E-state index is -4.88. The van der Waals surface area contributed by atoms with E-state index in [1.807, 2.05) is 31.2 Å². The van der Waals surface area contributed by atoms with Crippen LogP contribution in [0.1, 0.15) is 34.5 Å². The van der Waals surface area contributed by atoms with Crippen LogP contribution in [0.4, 0.5) is 19.0 Å². The number of alkyl halides is 3. The van der Waals surface area contributed by atoms with Gasteiger partial charge < -0.3 is 23.8 Å². The SMILES string of the molecule is COC(=O)c1c(N2CCCC2C(=O)OC)nc(Oc2cccc(OC(F)(F)F)c2)n1Cc1ccc(C)cc1. The summed E-state index contributed by atoms with van der Waals surface area (Å²) in [5, 5.41) is 0. The number of hydrogen-bond donors (Lipinski definition) is 0. The lowest BCUT2D eigenvalue weighted by Gasteiger charge is -2.23. The molecule has 1 aromatic heterocycles. The van der Waals surface area contributed by atoms with E-state index in [9.17, 15) is 22.8 Å². The highest BCUT2D eigenvalue weighted by Gasteiger charge is 2.38. The van der Waals surface area contributed by atoms with Gasteiger partial charge in [-0.3, -0.25) is 4.57 Å². The zero-order valence-electron chi connectivity index (χ0n) is 20.9. The highest BCUT2D eigenvalue weighted by atomic mass is 19.4. The van der Waals surface area contributed by atoms with Crippen LogP contribution in [-0.4, -0.2) is 54.7 Å². The number of aromatic nitrogens is 2. The van der Waals surface area contributed by atoms with E-state index in [0.29, 0.717) is 19.4 Å². The normalized spacial score (nSPS) is 15.3. The summed E-state index contributed by atoms with van der Waals surface area (Å²) in [6.45, 7) is 2.48. The highest BCUT2D eigenvalue weighted by molar-refractivity contribution is 5.95. The molecule has 4 rings (SSSR count). The van der Waals surface area contributed by atoms with Crippen LogP contribution in [0.3, 0.4) is 0 Å². The summed E-state index contributed by atoms with van der Waals surface area (Å²) in [5.74, 6) is -1.54. The Labute approximate surface area is 216 Å². The minimum absolute atomic E-state index is 0.00388. The summed E-state index contributed by atoms with van der Waals surface area (Å²) in [5.41, 5.74) is 1.86. The van der Waals surface area contributed by atoms with E-state index in [0.717, 1.165) is 23.3 Å². The zero-order chi connectivity index (χ0) is 27.4. The van der Waals surface area contributed by atoms with Gasteiger partial charge in [-0.15, -0.1) is 13.2 Å². The van der Waals surface area contributed by atoms with Crippen molar-refractivity contribution in [2.24, 2.45) is 0 Å². The molecule has 1 aliphatic rings. The topological polar surface area (TPSA) is 92.1 Å². The van der Waals surface area contributed by atoms with E-state index in [1.165, 1.54) is 30.9 Å². The molecule has 9 nitrogen and oxygen atoms in total. The van der Waals surface area contributed by atoms with Crippen molar-refractivity contribution in [1.29, 1.82) is 0 Å². The molecule has 0 N–H and O–H groups in total. The molecule has 1 fully saturated rings. The third-order valence-corrected chi connectivity index (χ3v) is 6.00. The number of anilines is 1. The summed E-state index contributed by atoms with van der Waals surface area (Å²) >= 11 is 0. The van der Waals surface area contributed by atoms with Gasteiger partial charge in [-0.25, -0.2) is 9.59 Å². The standard InChI is InChI=1S/C26H26F3N3O6/c1-16-9-11-17(12-10-16)15-32-21(24(34)36-3)22(31-13-5-8-20(31)23(33)35-2)30-25(32)37-18-6-4-7-19(14-18)38-26(27,28)29/h4,6-7,9-12,14,20H,5,8,13,15H2,1-3H3. The van der Waals surface area contributed by atoms with Crippen LogP contribution >= 0.6 is 0 Å². The van der Waals surface area contributed by atoms with E-state index in [-0.39, 0.29) is 29.8 Å². The first-order valence-corrected chi connectivity index (χ1v) is 11.7. The summed E-state index contributed by atoms with van der Waals surface area (Å²) < 4.78 is 59.6. The van der Waals surface area contributed by atoms with Crippen LogP contribution < -0.4 is 14.4 Å². The molecule has 2 aromatic carbocycles. The fourth-order valence-corrected chi connectivity index (χ4v) is 4.26. The fraction of sp³-hybridized carbons (Fsp3) is 0.346. The summed E-state index contributed by atoms with van der Waals surface area (Å²) in [7, 11) is 2.50. The molecule has 0 saturated carbocycles. The third kappa shape index (κ3) is 6.01. The van der Waals surface area contributed by atoms with Crippen molar-refractivity contribution in [3.8, 4) is 17.5 Å². The Morgan fingerprint density at radius 1 is 1.05 bits per heavy atom.